The van der Waals surface area contributed by atoms with E-state index >= 15 is 0 Å². The molecule has 0 nitrogen and oxygen atoms in total. The summed E-state index contributed by atoms with van der Waals surface area (Å²) in [5.41, 5.74) is 0. The van der Waals surface area contributed by atoms with Crippen molar-refractivity contribution in [3.63, 3.8) is 0 Å². The van der Waals surface area contributed by atoms with E-state index in [1.54, 1.807) is 23.5 Å². The van der Waals surface area contributed by atoms with E-state index in [0.29, 0.717) is 0 Å². The average molecular weight is 639 g/mol. The molecule has 0 atom stereocenters. The van der Waals surface area contributed by atoms with E-state index in [4.69, 9.17) is 18.8 Å². The van der Waals surface area contributed by atoms with Crippen LogP contribution in [0, 0.1) is 0 Å². The van der Waals surface area contributed by atoms with Gasteiger partial charge in [-0.1, -0.05) is 96.3 Å². The quantitative estimate of drug-likeness (QED) is 0.219. The zero-order valence-corrected chi connectivity index (χ0v) is 20.9. The first-order chi connectivity index (χ1) is 14.3. The Kier molecular flexibility index (Phi) is 13.0. The van der Waals surface area contributed by atoms with Crippen molar-refractivity contribution in [3.05, 3.63) is 121 Å². The normalized spacial score (nSPS) is 9.59. The van der Waals surface area contributed by atoms with Crippen molar-refractivity contribution in [1.29, 1.82) is 0 Å². The molecule has 0 bridgehead atoms. The van der Waals surface area contributed by atoms with Crippen LogP contribution in [0.5, 0.6) is 0 Å². The SMILES string of the molecule is [Cl][Pt][Cl].c1ccc(Sc2ccccc2)cc1.c1ccc(Sc2ccccc2)cc1. The van der Waals surface area contributed by atoms with Crippen LogP contribution in [0.4, 0.5) is 0 Å². The smallest absolute Gasteiger partial charge is 0.0122 e. The van der Waals surface area contributed by atoms with Crippen LogP contribution in [0.3, 0.4) is 0 Å². The predicted octanol–water partition coefficient (Wildman–Crippen LogP) is 9.05. The fourth-order valence-electron chi connectivity index (χ4n) is 2.23. The van der Waals surface area contributed by atoms with Gasteiger partial charge >= 0.3 is 35.3 Å². The molecule has 0 aliphatic rings. The van der Waals surface area contributed by atoms with Crippen molar-refractivity contribution >= 4 is 42.4 Å². The largest absolute Gasteiger partial charge is 0.0901 e. The first-order valence-corrected chi connectivity index (χ1v) is 16.0. The van der Waals surface area contributed by atoms with Gasteiger partial charge in [0.25, 0.3) is 0 Å². The second kappa shape index (κ2) is 15.7. The molecule has 0 saturated heterocycles. The Balaban J connectivity index is 0.000000183. The third-order valence-electron chi connectivity index (χ3n) is 3.44. The van der Waals surface area contributed by atoms with E-state index in [1.165, 1.54) is 19.6 Å². The summed E-state index contributed by atoms with van der Waals surface area (Å²) in [6, 6.07) is 41.6. The Hall–Kier alpha value is -1.15. The minimum atomic E-state index is -0.472. The van der Waals surface area contributed by atoms with Gasteiger partial charge < -0.3 is 0 Å². The first-order valence-electron chi connectivity index (χ1n) is 8.70. The molecular weight excluding hydrogens is 618 g/mol. The topological polar surface area (TPSA) is 0 Å². The van der Waals surface area contributed by atoms with Gasteiger partial charge in [-0.25, -0.2) is 0 Å². The van der Waals surface area contributed by atoms with E-state index in [1.807, 2.05) is 24.3 Å². The van der Waals surface area contributed by atoms with Gasteiger partial charge in [-0.05, 0) is 48.5 Å². The zero-order chi connectivity index (χ0) is 20.6. The number of halogens is 2. The second-order valence-electron chi connectivity index (χ2n) is 5.50. The van der Waals surface area contributed by atoms with Crippen molar-refractivity contribution in [3.8, 4) is 0 Å². The van der Waals surface area contributed by atoms with E-state index in [-0.39, 0.29) is 0 Å². The van der Waals surface area contributed by atoms with E-state index in [0.717, 1.165) is 0 Å². The fourth-order valence-corrected chi connectivity index (χ4v) is 3.94. The standard InChI is InChI=1S/2C12H10S.2ClH.Pt/c2*1-3-7-11(8-4-1)13-12-9-5-2-6-10-12;;;/h2*1-10H;2*1H;/q;;;;+2/p-2. The van der Waals surface area contributed by atoms with Crippen molar-refractivity contribution in [1.82, 2.24) is 0 Å². The maximum Gasteiger partial charge on any atom is 0.0122 e. The van der Waals surface area contributed by atoms with Crippen LogP contribution in [0.25, 0.3) is 0 Å². The van der Waals surface area contributed by atoms with Crippen LogP contribution < -0.4 is 0 Å². The Bertz CT molecular complexity index is 741. The molecule has 0 saturated carbocycles. The molecule has 0 heterocycles. The van der Waals surface area contributed by atoms with Crippen molar-refractivity contribution < 1.29 is 16.5 Å². The molecule has 0 aliphatic carbocycles. The Morgan fingerprint density at radius 2 is 0.552 bits per heavy atom. The number of benzene rings is 4. The molecule has 0 aliphatic heterocycles. The molecule has 0 unspecified atom stereocenters. The Morgan fingerprint density at radius 3 is 0.724 bits per heavy atom. The minimum Gasteiger partial charge on any atom is -0.0901 e. The molecular formula is C24H20Cl2PtS2. The molecule has 4 aromatic rings. The van der Waals surface area contributed by atoms with Gasteiger partial charge in [0, 0.05) is 19.6 Å². The molecule has 4 aromatic carbocycles. The van der Waals surface area contributed by atoms with Gasteiger partial charge in [0.2, 0.25) is 0 Å². The molecule has 0 radical (unpaired) electrons. The van der Waals surface area contributed by atoms with Crippen molar-refractivity contribution in [2.45, 2.75) is 19.6 Å². The summed E-state index contributed by atoms with van der Waals surface area (Å²) in [6.45, 7) is 0. The summed E-state index contributed by atoms with van der Waals surface area (Å²) < 4.78 is 0. The van der Waals surface area contributed by atoms with Crippen LogP contribution in [0.2, 0.25) is 0 Å². The first kappa shape index (κ1) is 24.1. The van der Waals surface area contributed by atoms with Crippen molar-refractivity contribution in [2.24, 2.45) is 0 Å². The summed E-state index contributed by atoms with van der Waals surface area (Å²) >= 11 is 3.10. The van der Waals surface area contributed by atoms with Crippen LogP contribution >= 0.6 is 42.4 Å². The van der Waals surface area contributed by atoms with Gasteiger partial charge in [0.1, 0.15) is 0 Å². The molecule has 29 heavy (non-hydrogen) atoms. The van der Waals surface area contributed by atoms with Crippen LogP contribution in [0.1, 0.15) is 0 Å². The summed E-state index contributed by atoms with van der Waals surface area (Å²) in [6.07, 6.45) is 0. The van der Waals surface area contributed by atoms with Gasteiger partial charge in [-0.3, -0.25) is 0 Å². The zero-order valence-electron chi connectivity index (χ0n) is 15.4. The molecule has 5 heteroatoms. The van der Waals surface area contributed by atoms with Gasteiger partial charge in [0.05, 0.1) is 0 Å². The maximum atomic E-state index is 4.88. The van der Waals surface area contributed by atoms with Crippen molar-refractivity contribution in [2.75, 3.05) is 0 Å². The van der Waals surface area contributed by atoms with Crippen LogP contribution in [-0.4, -0.2) is 0 Å². The minimum absolute atomic E-state index is 0.472. The van der Waals surface area contributed by atoms with Crippen LogP contribution in [0.15, 0.2) is 141 Å². The Morgan fingerprint density at radius 1 is 0.379 bits per heavy atom. The number of hydrogen-bond acceptors (Lipinski definition) is 2. The monoisotopic (exact) mass is 637 g/mol. The fraction of sp³-hybridized carbons (Fsp3) is 0. The summed E-state index contributed by atoms with van der Waals surface area (Å²) in [4.78, 5) is 5.14. The van der Waals surface area contributed by atoms with E-state index in [2.05, 4.69) is 97.1 Å². The third-order valence-corrected chi connectivity index (χ3v) is 5.48. The summed E-state index contributed by atoms with van der Waals surface area (Å²) in [7, 11) is 9.75. The molecule has 0 fully saturated rings. The molecule has 0 N–H and O–H groups in total. The molecule has 0 amide bonds. The second-order valence-corrected chi connectivity index (χ2v) is 11.1. The average Bonchev–Trinajstić information content (AvgIpc) is 2.78. The summed E-state index contributed by atoms with van der Waals surface area (Å²) in [5, 5.41) is 0. The molecule has 0 spiro atoms. The molecule has 0 aromatic heterocycles. The van der Waals surface area contributed by atoms with Gasteiger partial charge in [-0.15, -0.1) is 0 Å². The van der Waals surface area contributed by atoms with E-state index < -0.39 is 16.5 Å². The van der Waals surface area contributed by atoms with Gasteiger partial charge in [-0.2, -0.15) is 0 Å². The van der Waals surface area contributed by atoms with E-state index in [9.17, 15) is 0 Å². The maximum absolute atomic E-state index is 4.88. The Labute approximate surface area is 198 Å². The summed E-state index contributed by atoms with van der Waals surface area (Å²) in [5.74, 6) is 0. The number of rotatable bonds is 4. The van der Waals surface area contributed by atoms with Gasteiger partial charge in [0.15, 0.2) is 0 Å². The molecule has 152 valence electrons. The predicted molar refractivity (Wildman–Crippen MR) is 126 cm³/mol. The third kappa shape index (κ3) is 11.0. The number of hydrogen-bond donors (Lipinski definition) is 0. The molecule has 4 rings (SSSR count). The van der Waals surface area contributed by atoms with Crippen LogP contribution in [-0.2, 0) is 16.5 Å².